The molecule has 0 unspecified atom stereocenters. The summed E-state index contributed by atoms with van der Waals surface area (Å²) >= 11 is 0. The van der Waals surface area contributed by atoms with Gasteiger partial charge in [0.1, 0.15) is 0 Å². The lowest BCUT2D eigenvalue weighted by molar-refractivity contribution is 1.09. The Bertz CT molecular complexity index is 123. The zero-order valence-electron chi connectivity index (χ0n) is 10.3. The summed E-state index contributed by atoms with van der Waals surface area (Å²) < 4.78 is 0. The van der Waals surface area contributed by atoms with E-state index in [9.17, 15) is 0 Å². The van der Waals surface area contributed by atoms with E-state index < -0.39 is 0 Å². The Kier molecular flexibility index (Phi) is 31.3. The van der Waals surface area contributed by atoms with Gasteiger partial charge in [0.25, 0.3) is 0 Å². The van der Waals surface area contributed by atoms with Gasteiger partial charge in [0.05, 0.1) is 6.20 Å². The van der Waals surface area contributed by atoms with Crippen LogP contribution in [-0.2, 0) is 6.42 Å². The quantitative estimate of drug-likeness (QED) is 0.704. The van der Waals surface area contributed by atoms with Gasteiger partial charge in [-0.25, -0.2) is 0 Å². The maximum Gasteiger partial charge on any atom is 0.0519 e. The summed E-state index contributed by atoms with van der Waals surface area (Å²) in [4.78, 5) is 0. The molecule has 0 aliphatic heterocycles. The molecule has 0 spiro atoms. The SMILES string of the molecule is CC.CC.CC.CCc1cn[nH]c1. The van der Waals surface area contributed by atoms with E-state index in [4.69, 9.17) is 0 Å². The third kappa shape index (κ3) is 14.1. The molecule has 1 aromatic rings. The van der Waals surface area contributed by atoms with Gasteiger partial charge in [0, 0.05) is 6.20 Å². The number of nitrogens with one attached hydrogen (secondary N) is 1. The molecule has 0 fully saturated rings. The highest BCUT2D eigenvalue weighted by Gasteiger charge is 1.82. The second-order valence-electron chi connectivity index (χ2n) is 1.46. The molecular weight excluding hydrogens is 160 g/mol. The molecule has 0 amide bonds. The lowest BCUT2D eigenvalue weighted by Crippen LogP contribution is -1.67. The lowest BCUT2D eigenvalue weighted by atomic mass is 10.3. The van der Waals surface area contributed by atoms with Crippen LogP contribution in [0.25, 0.3) is 0 Å². The van der Waals surface area contributed by atoms with Crippen LogP contribution in [0.15, 0.2) is 12.4 Å². The van der Waals surface area contributed by atoms with Gasteiger partial charge >= 0.3 is 0 Å². The Labute approximate surface area is 83.8 Å². The highest BCUT2D eigenvalue weighted by atomic mass is 15.1. The van der Waals surface area contributed by atoms with Gasteiger partial charge in [-0.3, -0.25) is 5.10 Å². The molecule has 13 heavy (non-hydrogen) atoms. The number of nitrogens with zero attached hydrogens (tertiary/aromatic N) is 1. The molecule has 1 N–H and O–H groups in total. The summed E-state index contributed by atoms with van der Waals surface area (Å²) in [6.45, 7) is 14.1. The third-order valence-corrected chi connectivity index (χ3v) is 0.963. The van der Waals surface area contributed by atoms with Crippen molar-refractivity contribution in [3.63, 3.8) is 0 Å². The summed E-state index contributed by atoms with van der Waals surface area (Å²) in [7, 11) is 0. The molecule has 0 saturated heterocycles. The van der Waals surface area contributed by atoms with E-state index in [0.29, 0.717) is 0 Å². The Morgan fingerprint density at radius 3 is 1.69 bits per heavy atom. The van der Waals surface area contributed by atoms with Crippen molar-refractivity contribution in [1.82, 2.24) is 10.2 Å². The molecule has 1 aromatic heterocycles. The molecule has 0 radical (unpaired) electrons. The first-order chi connectivity index (χ1) is 6.43. The fraction of sp³-hybridized carbons (Fsp3) is 0.727. The van der Waals surface area contributed by atoms with Crippen LogP contribution in [-0.4, -0.2) is 10.2 Å². The van der Waals surface area contributed by atoms with Gasteiger partial charge in [0.15, 0.2) is 0 Å². The van der Waals surface area contributed by atoms with Gasteiger partial charge < -0.3 is 0 Å². The Balaban J connectivity index is -0.000000144. The number of rotatable bonds is 1. The van der Waals surface area contributed by atoms with Crippen molar-refractivity contribution < 1.29 is 0 Å². The van der Waals surface area contributed by atoms with Crippen molar-refractivity contribution >= 4 is 0 Å². The van der Waals surface area contributed by atoms with Crippen molar-refractivity contribution in [2.45, 2.75) is 54.9 Å². The molecule has 0 aliphatic carbocycles. The van der Waals surface area contributed by atoms with Crippen molar-refractivity contribution in [3.8, 4) is 0 Å². The van der Waals surface area contributed by atoms with Gasteiger partial charge in [-0.2, -0.15) is 5.10 Å². The van der Waals surface area contributed by atoms with Gasteiger partial charge in [0.2, 0.25) is 0 Å². The highest BCUT2D eigenvalue weighted by Crippen LogP contribution is 1.91. The van der Waals surface area contributed by atoms with Crippen LogP contribution in [0.3, 0.4) is 0 Å². The second kappa shape index (κ2) is 22.5. The predicted octanol–water partition coefficient (Wildman–Crippen LogP) is 4.05. The topological polar surface area (TPSA) is 28.7 Å². The Hall–Kier alpha value is -0.790. The van der Waals surface area contributed by atoms with Crippen LogP contribution >= 0.6 is 0 Å². The third-order valence-electron chi connectivity index (χ3n) is 0.963. The number of hydrogen-bond donors (Lipinski definition) is 1. The molecule has 0 aromatic carbocycles. The standard InChI is InChI=1S/C5H8N2.3C2H6/c1-2-5-3-6-7-4-5;3*1-2/h3-4H,2H2,1H3,(H,6,7);3*1-2H3. The van der Waals surface area contributed by atoms with Crippen molar-refractivity contribution in [1.29, 1.82) is 0 Å². The molecular formula is C11H26N2. The first kappa shape index (κ1) is 18.1. The number of hydrogen-bond acceptors (Lipinski definition) is 1. The number of aromatic nitrogens is 2. The van der Waals surface area contributed by atoms with Crippen molar-refractivity contribution in [3.05, 3.63) is 18.0 Å². The van der Waals surface area contributed by atoms with Gasteiger partial charge in [-0.1, -0.05) is 48.5 Å². The van der Waals surface area contributed by atoms with Crippen LogP contribution in [0.5, 0.6) is 0 Å². The molecule has 1 rings (SSSR count). The van der Waals surface area contributed by atoms with Gasteiger partial charge in [-0.05, 0) is 12.0 Å². The van der Waals surface area contributed by atoms with Crippen LogP contribution in [0.2, 0.25) is 0 Å². The molecule has 1 heterocycles. The van der Waals surface area contributed by atoms with Crippen LogP contribution in [0.1, 0.15) is 54.0 Å². The molecule has 0 atom stereocenters. The number of H-pyrrole nitrogens is 1. The number of aryl methyl sites for hydroxylation is 1. The largest absolute Gasteiger partial charge is 0.285 e. The predicted molar refractivity (Wildman–Crippen MR) is 62.0 cm³/mol. The average Bonchev–Trinajstić information content (AvgIpc) is 2.79. The van der Waals surface area contributed by atoms with E-state index in [-0.39, 0.29) is 0 Å². The Morgan fingerprint density at radius 1 is 1.08 bits per heavy atom. The smallest absolute Gasteiger partial charge is 0.0519 e. The summed E-state index contributed by atoms with van der Waals surface area (Å²) in [6.07, 6.45) is 4.80. The first-order valence-electron chi connectivity index (χ1n) is 5.41. The zero-order chi connectivity index (χ0) is 11.1. The summed E-state index contributed by atoms with van der Waals surface area (Å²) in [5, 5.41) is 6.50. The maximum absolute atomic E-state index is 3.77. The fourth-order valence-electron chi connectivity index (χ4n) is 0.471. The van der Waals surface area contributed by atoms with E-state index >= 15 is 0 Å². The fourth-order valence-corrected chi connectivity index (χ4v) is 0.471. The van der Waals surface area contributed by atoms with E-state index in [1.54, 1.807) is 0 Å². The normalized spacial score (nSPS) is 6.38. The van der Waals surface area contributed by atoms with Crippen LogP contribution in [0.4, 0.5) is 0 Å². The van der Waals surface area contributed by atoms with E-state index in [2.05, 4.69) is 17.1 Å². The second-order valence-corrected chi connectivity index (χ2v) is 1.46. The van der Waals surface area contributed by atoms with Crippen molar-refractivity contribution in [2.24, 2.45) is 0 Å². The molecule has 0 aliphatic rings. The summed E-state index contributed by atoms with van der Waals surface area (Å²) in [5.41, 5.74) is 1.26. The minimum atomic E-state index is 1.07. The number of aromatic amines is 1. The average molecular weight is 186 g/mol. The van der Waals surface area contributed by atoms with Gasteiger partial charge in [-0.15, -0.1) is 0 Å². The zero-order valence-corrected chi connectivity index (χ0v) is 10.3. The molecule has 80 valence electrons. The molecule has 0 saturated carbocycles. The monoisotopic (exact) mass is 186 g/mol. The molecule has 0 bridgehead atoms. The van der Waals surface area contributed by atoms with E-state index in [0.717, 1.165) is 6.42 Å². The molecule has 2 nitrogen and oxygen atoms in total. The van der Waals surface area contributed by atoms with E-state index in [1.165, 1.54) is 5.56 Å². The van der Waals surface area contributed by atoms with E-state index in [1.807, 2.05) is 53.9 Å². The summed E-state index contributed by atoms with van der Waals surface area (Å²) in [6, 6.07) is 0. The van der Waals surface area contributed by atoms with Crippen LogP contribution in [0, 0.1) is 0 Å². The molecule has 2 heteroatoms. The summed E-state index contributed by atoms with van der Waals surface area (Å²) in [5.74, 6) is 0. The Morgan fingerprint density at radius 2 is 1.54 bits per heavy atom. The lowest BCUT2D eigenvalue weighted by Gasteiger charge is -1.76. The first-order valence-corrected chi connectivity index (χ1v) is 5.41. The van der Waals surface area contributed by atoms with Crippen LogP contribution < -0.4 is 0 Å². The maximum atomic E-state index is 3.77. The minimum Gasteiger partial charge on any atom is -0.285 e. The van der Waals surface area contributed by atoms with Crippen molar-refractivity contribution in [2.75, 3.05) is 0 Å². The minimum absolute atomic E-state index is 1.07. The highest BCUT2D eigenvalue weighted by molar-refractivity contribution is 5.00.